The minimum atomic E-state index is -0.561. The summed E-state index contributed by atoms with van der Waals surface area (Å²) in [6, 6.07) is 6.57. The first-order valence-corrected chi connectivity index (χ1v) is 10.0. The Morgan fingerprint density at radius 2 is 1.78 bits per heavy atom. The summed E-state index contributed by atoms with van der Waals surface area (Å²) < 4.78 is 0. The average Bonchev–Trinajstić information content (AvgIpc) is 2.91. The second-order valence-electron chi connectivity index (χ2n) is 7.64. The van der Waals surface area contributed by atoms with Gasteiger partial charge in [-0.25, -0.2) is 0 Å². The third-order valence-electron chi connectivity index (χ3n) is 5.39. The Labute approximate surface area is 165 Å². The highest BCUT2D eigenvalue weighted by Gasteiger charge is 2.43. The number of piperidine rings is 1. The number of halogens is 1. The third-order valence-corrected chi connectivity index (χ3v) is 5.64. The van der Waals surface area contributed by atoms with E-state index in [1.807, 2.05) is 12.1 Å². The van der Waals surface area contributed by atoms with Gasteiger partial charge in [0.05, 0.1) is 11.6 Å². The van der Waals surface area contributed by atoms with Crippen LogP contribution in [0.15, 0.2) is 35.6 Å². The molecule has 0 radical (unpaired) electrons. The Kier molecular flexibility index (Phi) is 6.22. The smallest absolute Gasteiger partial charge is 0.290 e. The summed E-state index contributed by atoms with van der Waals surface area (Å²) in [4.78, 5) is 29.5. The summed E-state index contributed by atoms with van der Waals surface area (Å²) in [5.41, 5.74) is 0.996. The van der Waals surface area contributed by atoms with Gasteiger partial charge in [0.25, 0.3) is 5.91 Å². The SMILES string of the molecule is CC(C)C(=O)C1=C(O)C(=O)N(CCN2CCCCC2)C1c1ccc(Cl)cc1. The van der Waals surface area contributed by atoms with E-state index in [-0.39, 0.29) is 17.3 Å². The van der Waals surface area contributed by atoms with Gasteiger partial charge in [0, 0.05) is 24.0 Å². The maximum Gasteiger partial charge on any atom is 0.290 e. The number of carbonyl (C=O) groups excluding carboxylic acids is 2. The van der Waals surface area contributed by atoms with Crippen molar-refractivity contribution < 1.29 is 14.7 Å². The van der Waals surface area contributed by atoms with E-state index in [1.165, 1.54) is 19.3 Å². The van der Waals surface area contributed by atoms with Crippen LogP contribution in [0.5, 0.6) is 0 Å². The van der Waals surface area contributed by atoms with Gasteiger partial charge in [-0.15, -0.1) is 0 Å². The predicted molar refractivity (Wildman–Crippen MR) is 106 cm³/mol. The summed E-state index contributed by atoms with van der Waals surface area (Å²) in [6.45, 7) is 6.85. The third kappa shape index (κ3) is 4.19. The van der Waals surface area contributed by atoms with Gasteiger partial charge in [0.15, 0.2) is 11.5 Å². The number of hydrogen-bond acceptors (Lipinski definition) is 4. The molecule has 0 spiro atoms. The maximum absolute atomic E-state index is 12.8. The van der Waals surface area contributed by atoms with E-state index in [4.69, 9.17) is 11.6 Å². The number of carbonyl (C=O) groups is 2. The molecule has 3 rings (SSSR count). The zero-order valence-electron chi connectivity index (χ0n) is 15.9. The van der Waals surface area contributed by atoms with E-state index in [0.717, 1.165) is 25.2 Å². The fourth-order valence-corrected chi connectivity index (χ4v) is 4.00. The van der Waals surface area contributed by atoms with Crippen LogP contribution >= 0.6 is 11.6 Å². The Bertz CT molecular complexity index is 736. The monoisotopic (exact) mass is 390 g/mol. The number of Topliss-reactive ketones (excluding diaryl/α,β-unsaturated/α-hetero) is 1. The molecule has 1 fully saturated rings. The first kappa shape index (κ1) is 19.9. The van der Waals surface area contributed by atoms with Gasteiger partial charge >= 0.3 is 0 Å². The molecule has 1 aromatic rings. The van der Waals surface area contributed by atoms with Crippen molar-refractivity contribution in [3.8, 4) is 0 Å². The van der Waals surface area contributed by atoms with Crippen molar-refractivity contribution in [3.05, 3.63) is 46.2 Å². The Balaban J connectivity index is 1.89. The number of hydrogen-bond donors (Lipinski definition) is 1. The molecule has 2 aliphatic heterocycles. The molecule has 6 heteroatoms. The van der Waals surface area contributed by atoms with E-state index in [2.05, 4.69) is 4.90 Å². The summed E-state index contributed by atoms with van der Waals surface area (Å²) in [7, 11) is 0. The number of aliphatic hydroxyl groups is 1. The van der Waals surface area contributed by atoms with Gasteiger partial charge in [-0.1, -0.05) is 44.0 Å². The number of ketones is 1. The highest BCUT2D eigenvalue weighted by atomic mass is 35.5. The lowest BCUT2D eigenvalue weighted by Crippen LogP contribution is -2.40. The van der Waals surface area contributed by atoms with Crippen LogP contribution in [-0.4, -0.2) is 52.8 Å². The first-order chi connectivity index (χ1) is 12.9. The van der Waals surface area contributed by atoms with Crippen LogP contribution in [0, 0.1) is 5.92 Å². The number of aliphatic hydroxyl groups excluding tert-OH is 1. The Morgan fingerprint density at radius 1 is 1.15 bits per heavy atom. The number of likely N-dealkylation sites (tertiary alicyclic amines) is 1. The van der Waals surface area contributed by atoms with Crippen LogP contribution in [0.25, 0.3) is 0 Å². The summed E-state index contributed by atoms with van der Waals surface area (Å²) in [5, 5.41) is 11.1. The van der Waals surface area contributed by atoms with Crippen molar-refractivity contribution in [1.29, 1.82) is 0 Å². The molecule has 1 aromatic carbocycles. The molecule has 2 heterocycles. The fourth-order valence-electron chi connectivity index (χ4n) is 3.87. The molecule has 0 bridgehead atoms. The van der Waals surface area contributed by atoms with Gasteiger partial charge in [-0.3, -0.25) is 9.59 Å². The lowest BCUT2D eigenvalue weighted by Gasteiger charge is -2.32. The molecule has 1 amide bonds. The minimum Gasteiger partial charge on any atom is -0.503 e. The molecule has 1 unspecified atom stereocenters. The average molecular weight is 391 g/mol. The Hall–Kier alpha value is -1.85. The number of nitrogens with zero attached hydrogens (tertiary/aromatic N) is 2. The topological polar surface area (TPSA) is 60.9 Å². The van der Waals surface area contributed by atoms with Gasteiger partial charge in [0.2, 0.25) is 0 Å². The number of rotatable bonds is 6. The van der Waals surface area contributed by atoms with Crippen molar-refractivity contribution in [3.63, 3.8) is 0 Å². The largest absolute Gasteiger partial charge is 0.503 e. The normalized spacial score (nSPS) is 21.4. The van der Waals surface area contributed by atoms with Crippen LogP contribution in [0.2, 0.25) is 5.02 Å². The molecule has 5 nitrogen and oxygen atoms in total. The lowest BCUT2D eigenvalue weighted by atomic mass is 9.91. The van der Waals surface area contributed by atoms with Crippen molar-refractivity contribution in [2.75, 3.05) is 26.2 Å². The molecule has 1 saturated heterocycles. The van der Waals surface area contributed by atoms with Crippen molar-refractivity contribution >= 4 is 23.3 Å². The van der Waals surface area contributed by atoms with E-state index < -0.39 is 17.7 Å². The minimum absolute atomic E-state index is 0.193. The predicted octanol–water partition coefficient (Wildman–Crippen LogP) is 3.75. The van der Waals surface area contributed by atoms with Crippen molar-refractivity contribution in [2.45, 2.75) is 39.2 Å². The van der Waals surface area contributed by atoms with E-state index >= 15 is 0 Å². The van der Waals surface area contributed by atoms with Crippen LogP contribution in [0.3, 0.4) is 0 Å². The molecule has 1 N–H and O–H groups in total. The standard InChI is InChI=1S/C21H27ClN2O3/c1-14(2)19(25)17-18(15-6-8-16(22)9-7-15)24(21(27)20(17)26)13-12-23-10-4-3-5-11-23/h6-9,14,18,26H,3-5,10-13H2,1-2H3. The van der Waals surface area contributed by atoms with E-state index in [1.54, 1.807) is 30.9 Å². The number of benzene rings is 1. The number of amides is 1. The van der Waals surface area contributed by atoms with Crippen molar-refractivity contribution in [2.24, 2.45) is 5.92 Å². The molecular weight excluding hydrogens is 364 g/mol. The molecule has 0 aromatic heterocycles. The quantitative estimate of drug-likeness (QED) is 0.803. The van der Waals surface area contributed by atoms with Crippen LogP contribution < -0.4 is 0 Å². The summed E-state index contributed by atoms with van der Waals surface area (Å²) in [5.74, 6) is -1.36. The van der Waals surface area contributed by atoms with Crippen LogP contribution in [0.4, 0.5) is 0 Å². The molecule has 0 saturated carbocycles. The van der Waals surface area contributed by atoms with Gasteiger partial charge in [-0.2, -0.15) is 0 Å². The fraction of sp³-hybridized carbons (Fsp3) is 0.524. The summed E-state index contributed by atoms with van der Waals surface area (Å²) in [6.07, 6.45) is 3.60. The van der Waals surface area contributed by atoms with E-state index in [0.29, 0.717) is 11.6 Å². The van der Waals surface area contributed by atoms with E-state index in [9.17, 15) is 14.7 Å². The maximum atomic E-state index is 12.8. The second kappa shape index (κ2) is 8.44. The zero-order valence-corrected chi connectivity index (χ0v) is 16.7. The summed E-state index contributed by atoms with van der Waals surface area (Å²) >= 11 is 6.01. The van der Waals surface area contributed by atoms with Crippen molar-refractivity contribution in [1.82, 2.24) is 9.80 Å². The molecule has 27 heavy (non-hydrogen) atoms. The van der Waals surface area contributed by atoms with Crippen LogP contribution in [0.1, 0.15) is 44.7 Å². The van der Waals surface area contributed by atoms with Crippen LogP contribution in [-0.2, 0) is 9.59 Å². The van der Waals surface area contributed by atoms with Gasteiger partial charge in [0.1, 0.15) is 0 Å². The highest BCUT2D eigenvalue weighted by Crippen LogP contribution is 2.39. The Morgan fingerprint density at radius 3 is 2.37 bits per heavy atom. The first-order valence-electron chi connectivity index (χ1n) is 9.66. The van der Waals surface area contributed by atoms with Gasteiger partial charge < -0.3 is 14.9 Å². The van der Waals surface area contributed by atoms with Gasteiger partial charge in [-0.05, 0) is 43.6 Å². The molecule has 2 aliphatic rings. The molecule has 0 aliphatic carbocycles. The molecular formula is C21H27ClN2O3. The second-order valence-corrected chi connectivity index (χ2v) is 8.07. The highest BCUT2D eigenvalue weighted by molar-refractivity contribution is 6.30. The molecule has 1 atom stereocenters. The molecule has 146 valence electrons. The lowest BCUT2D eigenvalue weighted by molar-refractivity contribution is -0.129. The zero-order chi connectivity index (χ0) is 19.6.